The number of nitrogens with zero attached hydrogens (tertiary/aromatic N) is 2. The fourth-order valence-electron chi connectivity index (χ4n) is 3.60. The Morgan fingerprint density at radius 3 is 2.61 bits per heavy atom. The maximum atomic E-state index is 13.2. The van der Waals surface area contributed by atoms with E-state index < -0.39 is 34.2 Å². The number of benzene rings is 3. The Morgan fingerprint density at radius 2 is 1.87 bits per heavy atom. The number of amides is 5. The highest BCUT2D eigenvalue weighted by Gasteiger charge is 2.37. The highest BCUT2D eigenvalue weighted by Crippen LogP contribution is 2.29. The molecule has 0 atom stereocenters. The van der Waals surface area contributed by atoms with Gasteiger partial charge in [-0.3, -0.25) is 29.8 Å². The van der Waals surface area contributed by atoms with E-state index in [0.717, 1.165) is 17.7 Å². The number of aryl methyl sites for hydroxylation is 1. The summed E-state index contributed by atoms with van der Waals surface area (Å²) in [5.74, 6) is -2.30. The van der Waals surface area contributed by atoms with Gasteiger partial charge < -0.3 is 10.1 Å². The number of hydrogen-bond acceptors (Lipinski definition) is 7. The van der Waals surface area contributed by atoms with Crippen LogP contribution in [0.3, 0.4) is 0 Å². The van der Waals surface area contributed by atoms with E-state index >= 15 is 0 Å². The van der Waals surface area contributed by atoms with Crippen LogP contribution in [0.15, 0.2) is 72.3 Å². The number of imide groups is 2. The fraction of sp³-hybridized carbons (Fsp3) is 0.0769. The molecule has 0 aliphatic carbocycles. The molecule has 3 aromatic rings. The van der Waals surface area contributed by atoms with Crippen molar-refractivity contribution in [2.24, 2.45) is 0 Å². The maximum absolute atomic E-state index is 13.2. The van der Waals surface area contributed by atoms with Crippen molar-refractivity contribution in [3.63, 3.8) is 0 Å². The van der Waals surface area contributed by atoms with Crippen molar-refractivity contribution in [1.82, 2.24) is 5.32 Å². The van der Waals surface area contributed by atoms with E-state index in [1.54, 1.807) is 12.1 Å². The van der Waals surface area contributed by atoms with Crippen LogP contribution in [-0.4, -0.2) is 35.3 Å². The van der Waals surface area contributed by atoms with E-state index in [4.69, 9.17) is 16.3 Å². The lowest BCUT2D eigenvalue weighted by Gasteiger charge is -2.26. The number of halogens is 1. The van der Waals surface area contributed by atoms with Crippen LogP contribution in [-0.2, 0) is 14.4 Å². The van der Waals surface area contributed by atoms with Crippen LogP contribution >= 0.6 is 11.6 Å². The number of barbiturate groups is 1. The summed E-state index contributed by atoms with van der Waals surface area (Å²) in [5.41, 5.74) is 0.772. The monoisotopic (exact) mass is 534 g/mol. The van der Waals surface area contributed by atoms with Crippen molar-refractivity contribution >= 4 is 58.5 Å². The van der Waals surface area contributed by atoms with Crippen LogP contribution in [0.25, 0.3) is 6.08 Å². The molecule has 2 N–H and O–H groups in total. The number of nitro benzene ring substituents is 1. The number of ether oxygens (including phenoxy) is 1. The number of urea groups is 1. The molecule has 1 heterocycles. The zero-order chi connectivity index (χ0) is 27.4. The first-order valence-electron chi connectivity index (χ1n) is 11.1. The van der Waals surface area contributed by atoms with Gasteiger partial charge in [0.15, 0.2) is 6.61 Å². The Hall–Kier alpha value is -5.03. The van der Waals surface area contributed by atoms with Crippen LogP contribution in [0, 0.1) is 17.0 Å². The van der Waals surface area contributed by atoms with E-state index in [9.17, 15) is 29.3 Å². The van der Waals surface area contributed by atoms with Crippen molar-refractivity contribution in [2.75, 3.05) is 16.8 Å². The summed E-state index contributed by atoms with van der Waals surface area (Å²) in [6, 6.07) is 15.4. The van der Waals surface area contributed by atoms with Crippen molar-refractivity contribution < 1.29 is 28.8 Å². The number of non-ortho nitro benzene ring substituents is 1. The third kappa shape index (κ3) is 5.68. The molecule has 3 aromatic carbocycles. The smallest absolute Gasteiger partial charge is 0.335 e. The summed E-state index contributed by atoms with van der Waals surface area (Å²) >= 11 is 6.11. The molecule has 38 heavy (non-hydrogen) atoms. The summed E-state index contributed by atoms with van der Waals surface area (Å²) < 4.78 is 5.64. The van der Waals surface area contributed by atoms with Crippen LogP contribution in [0.2, 0.25) is 5.02 Å². The minimum atomic E-state index is -1.06. The zero-order valence-corrected chi connectivity index (χ0v) is 20.5. The molecule has 4 rings (SSSR count). The van der Waals surface area contributed by atoms with Gasteiger partial charge >= 0.3 is 6.03 Å². The Labute approximate surface area is 220 Å². The Morgan fingerprint density at radius 1 is 1.11 bits per heavy atom. The topological polar surface area (TPSA) is 148 Å². The first-order valence-corrected chi connectivity index (χ1v) is 11.5. The molecule has 5 amide bonds. The molecule has 192 valence electrons. The molecule has 0 radical (unpaired) electrons. The van der Waals surface area contributed by atoms with Gasteiger partial charge in [0.05, 0.1) is 10.6 Å². The average Bonchev–Trinajstić information content (AvgIpc) is 2.87. The van der Waals surface area contributed by atoms with Gasteiger partial charge in [0.2, 0.25) is 0 Å². The molecule has 11 nitrogen and oxygen atoms in total. The third-order valence-corrected chi connectivity index (χ3v) is 5.69. The number of para-hydroxylation sites is 1. The summed E-state index contributed by atoms with van der Waals surface area (Å²) in [4.78, 5) is 61.7. The van der Waals surface area contributed by atoms with Gasteiger partial charge in [-0.2, -0.15) is 0 Å². The lowest BCUT2D eigenvalue weighted by atomic mass is 10.1. The maximum Gasteiger partial charge on any atom is 0.335 e. The summed E-state index contributed by atoms with van der Waals surface area (Å²) in [6.45, 7) is 1.46. The minimum Gasteiger partial charge on any atom is -0.483 e. The van der Waals surface area contributed by atoms with Crippen LogP contribution in [0.1, 0.15) is 11.1 Å². The van der Waals surface area contributed by atoms with Crippen molar-refractivity contribution in [2.45, 2.75) is 6.92 Å². The predicted molar refractivity (Wildman–Crippen MR) is 139 cm³/mol. The first kappa shape index (κ1) is 26.0. The minimum absolute atomic E-state index is 0.101. The van der Waals surface area contributed by atoms with Crippen molar-refractivity contribution in [3.05, 3.63) is 98.6 Å². The largest absolute Gasteiger partial charge is 0.483 e. The highest BCUT2D eigenvalue weighted by molar-refractivity contribution is 6.39. The summed E-state index contributed by atoms with van der Waals surface area (Å²) in [5, 5.41) is 16.2. The molecule has 1 aliphatic heterocycles. The van der Waals surface area contributed by atoms with E-state index in [0.29, 0.717) is 10.6 Å². The number of carbonyl (C=O) groups excluding carboxylic acids is 4. The predicted octanol–water partition coefficient (Wildman–Crippen LogP) is 4.24. The van der Waals surface area contributed by atoms with Gasteiger partial charge in [-0.1, -0.05) is 35.9 Å². The molecule has 0 bridgehead atoms. The summed E-state index contributed by atoms with van der Waals surface area (Å²) in [6.07, 6.45) is 1.16. The van der Waals surface area contributed by atoms with E-state index in [1.807, 2.05) is 24.4 Å². The summed E-state index contributed by atoms with van der Waals surface area (Å²) in [7, 11) is 0. The molecular formula is C26H19ClN4O7. The second-order valence-corrected chi connectivity index (χ2v) is 8.51. The number of rotatable bonds is 7. The molecule has 12 heteroatoms. The van der Waals surface area contributed by atoms with Crippen LogP contribution < -0.4 is 20.3 Å². The number of anilines is 2. The molecular weight excluding hydrogens is 516 g/mol. The lowest BCUT2D eigenvalue weighted by Crippen LogP contribution is -2.54. The highest BCUT2D eigenvalue weighted by atomic mass is 35.5. The second kappa shape index (κ2) is 10.9. The molecule has 0 aromatic heterocycles. The first-order chi connectivity index (χ1) is 18.1. The Kier molecular flexibility index (Phi) is 7.49. The van der Waals surface area contributed by atoms with Gasteiger partial charge in [0.25, 0.3) is 23.4 Å². The molecule has 0 spiro atoms. The van der Waals surface area contributed by atoms with E-state index in [1.165, 1.54) is 36.4 Å². The Bertz CT molecular complexity index is 1520. The molecule has 0 saturated carbocycles. The number of nitrogens with one attached hydrogen (secondary N) is 2. The van der Waals surface area contributed by atoms with Gasteiger partial charge in [0.1, 0.15) is 11.3 Å². The third-order valence-electron chi connectivity index (χ3n) is 5.45. The van der Waals surface area contributed by atoms with Gasteiger partial charge in [-0.05, 0) is 48.9 Å². The van der Waals surface area contributed by atoms with Crippen molar-refractivity contribution in [3.8, 4) is 5.75 Å². The molecule has 1 saturated heterocycles. The van der Waals surface area contributed by atoms with Gasteiger partial charge in [-0.25, -0.2) is 9.69 Å². The van der Waals surface area contributed by atoms with E-state index in [2.05, 4.69) is 5.32 Å². The normalized spacial score (nSPS) is 14.3. The fourth-order valence-corrected chi connectivity index (χ4v) is 3.78. The number of carbonyl (C=O) groups is 4. The van der Waals surface area contributed by atoms with Crippen LogP contribution in [0.5, 0.6) is 5.75 Å². The molecule has 0 unspecified atom stereocenters. The second-order valence-electron chi connectivity index (χ2n) is 8.07. The van der Waals surface area contributed by atoms with Gasteiger partial charge in [-0.15, -0.1) is 0 Å². The zero-order valence-electron chi connectivity index (χ0n) is 19.8. The van der Waals surface area contributed by atoms with E-state index in [-0.39, 0.29) is 34.3 Å². The standard InChI is InChI=1S/C26H19ClN4O7/c1-15-5-2-3-8-21(15)28-23(32)14-38-22-10-9-17(27)11-16(22)12-20-24(33)29-26(35)30(25(20)34)18-6-4-7-19(13-18)31(36)37/h2-13H,14H2,1H3,(H,28,32)(H,29,33,35)/b20-12-. The SMILES string of the molecule is Cc1ccccc1NC(=O)COc1ccc(Cl)cc1/C=C1/C(=O)NC(=O)N(c2cccc([N+](=O)[O-])c2)C1=O. The van der Waals surface area contributed by atoms with Crippen molar-refractivity contribution in [1.29, 1.82) is 0 Å². The lowest BCUT2D eigenvalue weighted by molar-refractivity contribution is -0.384. The Balaban J connectivity index is 1.60. The number of nitro groups is 1. The van der Waals surface area contributed by atoms with Crippen LogP contribution in [0.4, 0.5) is 21.9 Å². The van der Waals surface area contributed by atoms with Gasteiger partial charge in [0, 0.05) is 28.4 Å². The molecule has 1 aliphatic rings. The quantitative estimate of drug-likeness (QED) is 0.199. The number of hydrogen-bond donors (Lipinski definition) is 2. The average molecular weight is 535 g/mol. The molecule has 1 fully saturated rings.